The lowest BCUT2D eigenvalue weighted by molar-refractivity contribution is -0.132. The monoisotopic (exact) mass is 388 g/mol. The van der Waals surface area contributed by atoms with E-state index in [0.717, 1.165) is 49.3 Å². The van der Waals surface area contributed by atoms with Gasteiger partial charge < -0.3 is 10.2 Å². The minimum Gasteiger partial charge on any atom is -0.343 e. The van der Waals surface area contributed by atoms with E-state index in [0.29, 0.717) is 12.3 Å². The average molecular weight is 390 g/mol. The summed E-state index contributed by atoms with van der Waals surface area (Å²) in [4.78, 5) is 14.3. The van der Waals surface area contributed by atoms with Crippen molar-refractivity contribution < 1.29 is 4.79 Å². The molecule has 1 fully saturated rings. The smallest absolute Gasteiger partial charge is 0.222 e. The van der Waals surface area contributed by atoms with E-state index >= 15 is 0 Å². The number of nitrogens with one attached hydrogen (secondary N) is 1. The second kappa shape index (κ2) is 9.53. The van der Waals surface area contributed by atoms with Crippen LogP contribution < -0.4 is 5.32 Å². The quantitative estimate of drug-likeness (QED) is 0.835. The zero-order chi connectivity index (χ0) is 15.2. The number of piperidine rings is 1. The summed E-state index contributed by atoms with van der Waals surface area (Å²) in [5.74, 6) is 1.03. The van der Waals surface area contributed by atoms with Gasteiger partial charge in [0.15, 0.2) is 0 Å². The Morgan fingerprint density at radius 2 is 2.05 bits per heavy atom. The Morgan fingerprint density at radius 1 is 1.36 bits per heavy atom. The Labute approximate surface area is 148 Å². The van der Waals surface area contributed by atoms with Crippen molar-refractivity contribution in [3.63, 3.8) is 0 Å². The van der Waals surface area contributed by atoms with E-state index in [1.54, 1.807) is 0 Å². The van der Waals surface area contributed by atoms with Gasteiger partial charge in [0.1, 0.15) is 0 Å². The van der Waals surface area contributed by atoms with Crippen LogP contribution in [0.1, 0.15) is 30.4 Å². The maximum Gasteiger partial charge on any atom is 0.222 e. The lowest BCUT2D eigenvalue weighted by atomic mass is 9.96. The van der Waals surface area contributed by atoms with Crippen molar-refractivity contribution in [1.82, 2.24) is 10.2 Å². The zero-order valence-electron chi connectivity index (χ0n) is 13.4. The fraction of sp³-hybridized carbons (Fsp3) is 0.588. The predicted octanol–water partition coefficient (Wildman–Crippen LogP) is 3.57. The molecular formula is C17H26BrClN2O. The van der Waals surface area contributed by atoms with Gasteiger partial charge in [-0.15, -0.1) is 12.4 Å². The third-order valence-electron chi connectivity index (χ3n) is 4.31. The summed E-state index contributed by atoms with van der Waals surface area (Å²) in [5.41, 5.74) is 2.47. The third kappa shape index (κ3) is 5.56. The van der Waals surface area contributed by atoms with Crippen molar-refractivity contribution in [1.29, 1.82) is 0 Å². The standard InChI is InChI=1S/C17H25BrN2O.ClH/c1-13-11-14(3-5-16(13)18)4-6-17(21)20-9-7-15(8-10-20)12-19-2;/h3,5,11,15,19H,4,6-10,12H2,1-2H3;1H. The van der Waals surface area contributed by atoms with Crippen molar-refractivity contribution in [3.8, 4) is 0 Å². The third-order valence-corrected chi connectivity index (χ3v) is 5.20. The zero-order valence-corrected chi connectivity index (χ0v) is 15.8. The second-order valence-corrected chi connectivity index (χ2v) is 6.82. The van der Waals surface area contributed by atoms with Gasteiger partial charge >= 0.3 is 0 Å². The Kier molecular flexibility index (Phi) is 8.44. The minimum atomic E-state index is 0. The van der Waals surface area contributed by atoms with Crippen LogP contribution >= 0.6 is 28.3 Å². The molecule has 0 atom stereocenters. The SMILES string of the molecule is CNCC1CCN(C(=O)CCc2ccc(Br)c(C)c2)CC1.Cl. The van der Waals surface area contributed by atoms with Gasteiger partial charge in [-0.3, -0.25) is 4.79 Å². The van der Waals surface area contributed by atoms with Crippen LogP contribution in [0.25, 0.3) is 0 Å². The number of aryl methyl sites for hydroxylation is 2. The number of halogens is 2. The molecule has 1 aromatic rings. The maximum atomic E-state index is 12.3. The molecular weight excluding hydrogens is 364 g/mol. The number of carbonyl (C=O) groups excluding carboxylic acids is 1. The second-order valence-electron chi connectivity index (χ2n) is 5.97. The van der Waals surface area contributed by atoms with Crippen LogP contribution in [0.5, 0.6) is 0 Å². The summed E-state index contributed by atoms with van der Waals surface area (Å²) in [5, 5.41) is 3.23. The summed E-state index contributed by atoms with van der Waals surface area (Å²) in [6.07, 6.45) is 3.72. The highest BCUT2D eigenvalue weighted by Crippen LogP contribution is 2.20. The van der Waals surface area contributed by atoms with Gasteiger partial charge in [-0.1, -0.05) is 28.1 Å². The number of benzene rings is 1. The highest BCUT2D eigenvalue weighted by molar-refractivity contribution is 9.10. The summed E-state index contributed by atoms with van der Waals surface area (Å²) in [6.45, 7) is 5.00. The highest BCUT2D eigenvalue weighted by Gasteiger charge is 2.21. The topological polar surface area (TPSA) is 32.3 Å². The van der Waals surface area contributed by atoms with E-state index in [1.807, 2.05) is 11.9 Å². The summed E-state index contributed by atoms with van der Waals surface area (Å²) >= 11 is 3.51. The van der Waals surface area contributed by atoms with Gasteiger partial charge in [-0.05, 0) is 62.9 Å². The first-order chi connectivity index (χ1) is 10.1. The molecule has 0 unspecified atom stereocenters. The van der Waals surface area contributed by atoms with E-state index in [-0.39, 0.29) is 12.4 Å². The van der Waals surface area contributed by atoms with Crippen molar-refractivity contribution in [2.24, 2.45) is 5.92 Å². The molecule has 1 N–H and O–H groups in total. The largest absolute Gasteiger partial charge is 0.343 e. The molecule has 0 saturated carbocycles. The first-order valence-corrected chi connectivity index (χ1v) is 8.57. The maximum absolute atomic E-state index is 12.3. The first kappa shape index (κ1) is 19.5. The van der Waals surface area contributed by atoms with Crippen molar-refractivity contribution in [2.45, 2.75) is 32.6 Å². The van der Waals surface area contributed by atoms with E-state index in [4.69, 9.17) is 0 Å². The van der Waals surface area contributed by atoms with Gasteiger partial charge in [0.25, 0.3) is 0 Å². The van der Waals surface area contributed by atoms with Crippen molar-refractivity contribution in [2.75, 3.05) is 26.7 Å². The molecule has 1 aliphatic rings. The average Bonchev–Trinajstić information content (AvgIpc) is 2.49. The molecule has 0 spiro atoms. The van der Waals surface area contributed by atoms with E-state index in [1.165, 1.54) is 11.1 Å². The van der Waals surface area contributed by atoms with Crippen LogP contribution in [-0.4, -0.2) is 37.5 Å². The molecule has 124 valence electrons. The van der Waals surface area contributed by atoms with Crippen LogP contribution in [-0.2, 0) is 11.2 Å². The molecule has 1 saturated heterocycles. The summed E-state index contributed by atoms with van der Waals surface area (Å²) < 4.78 is 1.13. The molecule has 3 nitrogen and oxygen atoms in total. The minimum absolute atomic E-state index is 0. The van der Waals surface area contributed by atoms with Crippen LogP contribution in [0.3, 0.4) is 0 Å². The Balaban J connectivity index is 0.00000242. The number of amides is 1. The number of hydrogen-bond donors (Lipinski definition) is 1. The lowest BCUT2D eigenvalue weighted by Crippen LogP contribution is -2.40. The van der Waals surface area contributed by atoms with Gasteiger partial charge in [0, 0.05) is 24.0 Å². The number of likely N-dealkylation sites (tertiary alicyclic amines) is 1. The molecule has 1 aromatic carbocycles. The van der Waals surface area contributed by atoms with Crippen molar-refractivity contribution >= 4 is 34.2 Å². The molecule has 0 aliphatic carbocycles. The molecule has 1 aliphatic heterocycles. The molecule has 22 heavy (non-hydrogen) atoms. The predicted molar refractivity (Wildman–Crippen MR) is 97.7 cm³/mol. The fourth-order valence-electron chi connectivity index (χ4n) is 2.95. The number of hydrogen-bond acceptors (Lipinski definition) is 2. The molecule has 1 heterocycles. The Morgan fingerprint density at radius 3 is 2.64 bits per heavy atom. The van der Waals surface area contributed by atoms with Crippen LogP contribution in [0.15, 0.2) is 22.7 Å². The molecule has 0 bridgehead atoms. The van der Waals surface area contributed by atoms with Gasteiger partial charge in [0.05, 0.1) is 0 Å². The molecule has 0 aromatic heterocycles. The van der Waals surface area contributed by atoms with Gasteiger partial charge in [0.2, 0.25) is 5.91 Å². The molecule has 1 amide bonds. The van der Waals surface area contributed by atoms with Crippen LogP contribution in [0, 0.1) is 12.8 Å². The summed E-state index contributed by atoms with van der Waals surface area (Å²) in [6, 6.07) is 6.33. The van der Waals surface area contributed by atoms with E-state index in [9.17, 15) is 4.79 Å². The van der Waals surface area contributed by atoms with Crippen molar-refractivity contribution in [3.05, 3.63) is 33.8 Å². The van der Waals surface area contributed by atoms with Crippen LogP contribution in [0.2, 0.25) is 0 Å². The van der Waals surface area contributed by atoms with Gasteiger partial charge in [-0.25, -0.2) is 0 Å². The first-order valence-electron chi connectivity index (χ1n) is 7.77. The number of carbonyl (C=O) groups is 1. The summed E-state index contributed by atoms with van der Waals surface area (Å²) in [7, 11) is 2.00. The van der Waals surface area contributed by atoms with Gasteiger partial charge in [-0.2, -0.15) is 0 Å². The normalized spacial score (nSPS) is 15.5. The number of rotatable bonds is 5. The highest BCUT2D eigenvalue weighted by atomic mass is 79.9. The lowest BCUT2D eigenvalue weighted by Gasteiger charge is -2.32. The van der Waals surface area contributed by atoms with Crippen LogP contribution in [0.4, 0.5) is 0 Å². The molecule has 0 radical (unpaired) electrons. The van der Waals surface area contributed by atoms with E-state index in [2.05, 4.69) is 46.4 Å². The molecule has 5 heteroatoms. The Hall–Kier alpha value is -0.580. The fourth-order valence-corrected chi connectivity index (χ4v) is 3.19. The Bertz CT molecular complexity index is 488. The number of nitrogens with zero attached hydrogens (tertiary/aromatic N) is 1. The van der Waals surface area contributed by atoms with E-state index < -0.39 is 0 Å². The molecule has 2 rings (SSSR count).